The van der Waals surface area contributed by atoms with Gasteiger partial charge in [-0.25, -0.2) is 0 Å². The van der Waals surface area contributed by atoms with Crippen LogP contribution in [0.15, 0.2) is 59.4 Å². The van der Waals surface area contributed by atoms with E-state index < -0.39 is 5.60 Å². The van der Waals surface area contributed by atoms with Gasteiger partial charge in [0.2, 0.25) is 0 Å². The number of aromatic nitrogens is 1. The van der Waals surface area contributed by atoms with Crippen molar-refractivity contribution < 1.29 is 10.2 Å². The monoisotopic (exact) mass is 462 g/mol. The molecule has 34 heavy (non-hydrogen) atoms. The second-order valence-electron chi connectivity index (χ2n) is 11.0. The van der Waals surface area contributed by atoms with E-state index in [0.29, 0.717) is 11.8 Å². The summed E-state index contributed by atoms with van der Waals surface area (Å²) in [6.07, 6.45) is 18.5. The van der Waals surface area contributed by atoms with Crippen molar-refractivity contribution in [1.82, 2.24) is 10.3 Å². The molecule has 1 heterocycles. The Bertz CT molecular complexity index is 1020. The first-order valence-corrected chi connectivity index (χ1v) is 13.0. The Morgan fingerprint density at radius 2 is 1.94 bits per heavy atom. The number of nitrogens with zero attached hydrogens (tertiary/aromatic N) is 1. The van der Waals surface area contributed by atoms with Crippen LogP contribution in [0.4, 0.5) is 0 Å². The molecule has 0 radical (unpaired) electrons. The van der Waals surface area contributed by atoms with Gasteiger partial charge in [0.25, 0.3) is 0 Å². The van der Waals surface area contributed by atoms with E-state index in [2.05, 4.69) is 60.6 Å². The van der Waals surface area contributed by atoms with Gasteiger partial charge < -0.3 is 15.5 Å². The fourth-order valence-electron chi connectivity index (χ4n) is 6.78. The predicted octanol–water partition coefficient (Wildman–Crippen LogP) is 5.38. The van der Waals surface area contributed by atoms with E-state index >= 15 is 0 Å². The van der Waals surface area contributed by atoms with Crippen LogP contribution in [0.2, 0.25) is 0 Å². The third-order valence-electron chi connectivity index (χ3n) is 8.92. The van der Waals surface area contributed by atoms with Crippen LogP contribution >= 0.6 is 0 Å². The zero-order chi connectivity index (χ0) is 24.5. The first kappa shape index (κ1) is 25.1. The summed E-state index contributed by atoms with van der Waals surface area (Å²) in [5.74, 6) is 1.04. The minimum absolute atomic E-state index is 0.0849. The summed E-state index contributed by atoms with van der Waals surface area (Å²) in [5, 5.41) is 25.1. The van der Waals surface area contributed by atoms with Crippen LogP contribution in [0.1, 0.15) is 63.6 Å². The molecule has 1 saturated carbocycles. The van der Waals surface area contributed by atoms with Crippen LogP contribution in [-0.4, -0.2) is 41.0 Å². The SMILES string of the molecule is CNC.Cc1ncccc1/C=C/C1=CCC2C1(C)C(C)C=C1C=C3CC(O)CCC3CC[C@@]12O. The number of pyridine rings is 1. The van der Waals surface area contributed by atoms with Gasteiger partial charge in [-0.05, 0) is 94.2 Å². The molecule has 4 heteroatoms. The summed E-state index contributed by atoms with van der Waals surface area (Å²) in [5.41, 5.74) is 5.12. The molecule has 6 atom stereocenters. The summed E-state index contributed by atoms with van der Waals surface area (Å²) in [6, 6.07) is 4.09. The molecule has 184 valence electrons. The molecule has 4 aliphatic carbocycles. The van der Waals surface area contributed by atoms with Crippen molar-refractivity contribution in [3.63, 3.8) is 0 Å². The molecular formula is C30H42N2O2. The number of rotatable bonds is 2. The Hall–Kier alpha value is -2.01. The summed E-state index contributed by atoms with van der Waals surface area (Å²) >= 11 is 0. The van der Waals surface area contributed by atoms with Crippen molar-refractivity contribution >= 4 is 6.08 Å². The third kappa shape index (κ3) is 4.36. The number of allylic oxidation sites excluding steroid dienone is 4. The fraction of sp³-hybridized carbons (Fsp3) is 0.567. The normalized spacial score (nSPS) is 36.7. The average molecular weight is 463 g/mol. The van der Waals surface area contributed by atoms with E-state index in [1.165, 1.54) is 11.1 Å². The second kappa shape index (κ2) is 9.93. The van der Waals surface area contributed by atoms with Crippen molar-refractivity contribution in [2.24, 2.45) is 23.2 Å². The zero-order valence-electron chi connectivity index (χ0n) is 21.5. The molecule has 0 aliphatic heterocycles. The van der Waals surface area contributed by atoms with Crippen LogP contribution in [0.25, 0.3) is 6.08 Å². The molecule has 1 fully saturated rings. The standard InChI is InChI=1S/C28H35NO2.C2H7N/c1-18-15-24-16-22-17-25(30)10-7-21(22)12-13-28(24,31)26-11-9-23(27(18,26)3)8-6-20-5-4-14-29-19(20)2;1-3-2/h4-6,8-9,14-16,18,21,25-26,30-31H,7,10-13,17H2,1-3H3;3H,1-2H3/b8-6+;/t18?,21?,25?,26?,27?,28-;/m1./s1. The van der Waals surface area contributed by atoms with Gasteiger partial charge in [-0.1, -0.05) is 55.9 Å². The number of aryl methyl sites for hydroxylation is 1. The molecule has 1 aromatic rings. The Kier molecular flexibility index (Phi) is 7.33. The highest BCUT2D eigenvalue weighted by molar-refractivity contribution is 5.57. The number of aliphatic hydroxyl groups is 2. The van der Waals surface area contributed by atoms with E-state index in [0.717, 1.165) is 55.4 Å². The molecule has 0 bridgehead atoms. The predicted molar refractivity (Wildman–Crippen MR) is 140 cm³/mol. The molecular weight excluding hydrogens is 420 g/mol. The molecule has 5 unspecified atom stereocenters. The van der Waals surface area contributed by atoms with Gasteiger partial charge in [0.05, 0.1) is 11.7 Å². The Balaban J connectivity index is 0.000000868. The number of nitrogens with one attached hydrogen (secondary N) is 1. The number of aliphatic hydroxyl groups excluding tert-OH is 1. The lowest BCUT2D eigenvalue weighted by molar-refractivity contribution is -0.0506. The summed E-state index contributed by atoms with van der Waals surface area (Å²) in [4.78, 5) is 4.41. The topological polar surface area (TPSA) is 65.4 Å². The highest BCUT2D eigenvalue weighted by Crippen LogP contribution is 2.61. The van der Waals surface area contributed by atoms with Crippen LogP contribution in [0.3, 0.4) is 0 Å². The average Bonchev–Trinajstić information content (AvgIpc) is 3.08. The molecule has 3 N–H and O–H groups in total. The Labute approximate surface area is 205 Å². The van der Waals surface area contributed by atoms with Crippen LogP contribution in [-0.2, 0) is 0 Å². The Morgan fingerprint density at radius 3 is 2.68 bits per heavy atom. The van der Waals surface area contributed by atoms with E-state index in [-0.39, 0.29) is 17.4 Å². The van der Waals surface area contributed by atoms with E-state index in [1.54, 1.807) is 0 Å². The molecule has 4 aliphatic rings. The smallest absolute Gasteiger partial charge is 0.0933 e. The maximum Gasteiger partial charge on any atom is 0.0933 e. The van der Waals surface area contributed by atoms with Crippen molar-refractivity contribution in [3.8, 4) is 0 Å². The van der Waals surface area contributed by atoms with Gasteiger partial charge in [-0.3, -0.25) is 4.98 Å². The largest absolute Gasteiger partial charge is 0.393 e. The molecule has 0 spiro atoms. The maximum atomic E-state index is 12.1. The van der Waals surface area contributed by atoms with Crippen LogP contribution in [0.5, 0.6) is 0 Å². The van der Waals surface area contributed by atoms with E-state index in [1.807, 2.05) is 33.3 Å². The lowest BCUT2D eigenvalue weighted by atomic mass is 9.55. The number of hydrogen-bond donors (Lipinski definition) is 3. The van der Waals surface area contributed by atoms with Gasteiger partial charge in [0.15, 0.2) is 0 Å². The van der Waals surface area contributed by atoms with E-state index in [9.17, 15) is 10.2 Å². The van der Waals surface area contributed by atoms with Gasteiger partial charge in [-0.2, -0.15) is 0 Å². The highest BCUT2D eigenvalue weighted by Gasteiger charge is 2.57. The number of fused-ring (bicyclic) bond motifs is 4. The summed E-state index contributed by atoms with van der Waals surface area (Å²) in [6.45, 7) is 6.70. The lowest BCUT2D eigenvalue weighted by Crippen LogP contribution is -2.51. The van der Waals surface area contributed by atoms with Crippen LogP contribution in [0, 0.1) is 30.1 Å². The zero-order valence-corrected chi connectivity index (χ0v) is 21.5. The molecule has 1 aromatic heterocycles. The lowest BCUT2D eigenvalue weighted by Gasteiger charge is -2.51. The van der Waals surface area contributed by atoms with Crippen molar-refractivity contribution in [3.05, 3.63) is 70.6 Å². The van der Waals surface area contributed by atoms with Crippen molar-refractivity contribution in [1.29, 1.82) is 0 Å². The van der Waals surface area contributed by atoms with E-state index in [4.69, 9.17) is 0 Å². The molecule has 0 saturated heterocycles. The maximum absolute atomic E-state index is 12.1. The molecule has 0 aromatic carbocycles. The highest BCUT2D eigenvalue weighted by atomic mass is 16.3. The van der Waals surface area contributed by atoms with Crippen molar-refractivity contribution in [2.45, 2.75) is 71.0 Å². The second-order valence-corrected chi connectivity index (χ2v) is 11.0. The number of hydrogen-bond acceptors (Lipinski definition) is 4. The Morgan fingerprint density at radius 1 is 1.18 bits per heavy atom. The van der Waals surface area contributed by atoms with Gasteiger partial charge in [0, 0.05) is 23.2 Å². The van der Waals surface area contributed by atoms with Crippen molar-refractivity contribution in [2.75, 3.05) is 14.1 Å². The summed E-state index contributed by atoms with van der Waals surface area (Å²) in [7, 11) is 3.75. The van der Waals surface area contributed by atoms with Gasteiger partial charge in [0.1, 0.15) is 0 Å². The third-order valence-corrected chi connectivity index (χ3v) is 8.92. The first-order valence-electron chi connectivity index (χ1n) is 13.0. The fourth-order valence-corrected chi connectivity index (χ4v) is 6.78. The molecule has 0 amide bonds. The van der Waals surface area contributed by atoms with Gasteiger partial charge in [-0.15, -0.1) is 0 Å². The van der Waals surface area contributed by atoms with Gasteiger partial charge >= 0.3 is 0 Å². The summed E-state index contributed by atoms with van der Waals surface area (Å²) < 4.78 is 0. The minimum atomic E-state index is -0.785. The quantitative estimate of drug-likeness (QED) is 0.552. The first-order chi connectivity index (χ1) is 16.2. The molecule has 4 nitrogen and oxygen atoms in total. The minimum Gasteiger partial charge on any atom is -0.393 e. The van der Waals surface area contributed by atoms with Crippen LogP contribution < -0.4 is 5.32 Å². The molecule has 5 rings (SSSR count).